The molecule has 0 bridgehead atoms. The number of hydrogen-bond donors (Lipinski definition) is 0. The molecule has 5 heteroatoms. The van der Waals surface area contributed by atoms with Crippen molar-refractivity contribution in [1.29, 1.82) is 0 Å². The van der Waals surface area contributed by atoms with Crippen molar-refractivity contribution in [2.45, 2.75) is 38.8 Å². The molecule has 2 aromatic rings. The summed E-state index contributed by atoms with van der Waals surface area (Å²) in [6.07, 6.45) is 3.30. The first-order chi connectivity index (χ1) is 8.86. The van der Waals surface area contributed by atoms with E-state index in [1.807, 2.05) is 6.92 Å². The average molecular weight is 263 g/mol. The van der Waals surface area contributed by atoms with Gasteiger partial charge in [-0.25, -0.2) is 0 Å². The van der Waals surface area contributed by atoms with E-state index < -0.39 is 0 Å². The normalized spacial score (nSPS) is 20.6. The van der Waals surface area contributed by atoms with Crippen molar-refractivity contribution in [3.05, 3.63) is 34.1 Å². The Labute approximate surface area is 111 Å². The summed E-state index contributed by atoms with van der Waals surface area (Å²) >= 11 is 1.76. The molecule has 0 N–H and O–H groups in total. The van der Waals surface area contributed by atoms with Gasteiger partial charge in [0.2, 0.25) is 5.89 Å². The Morgan fingerprint density at radius 3 is 3.22 bits per heavy atom. The van der Waals surface area contributed by atoms with Gasteiger partial charge in [0.15, 0.2) is 5.82 Å². The van der Waals surface area contributed by atoms with Crippen molar-refractivity contribution in [2.75, 3.05) is 6.54 Å². The molecule has 0 saturated carbocycles. The van der Waals surface area contributed by atoms with Crippen LogP contribution in [-0.2, 0) is 13.0 Å². The summed E-state index contributed by atoms with van der Waals surface area (Å²) < 4.78 is 5.28. The summed E-state index contributed by atoms with van der Waals surface area (Å²) in [6, 6.07) is 2.74. The van der Waals surface area contributed by atoms with Crippen LogP contribution in [0.2, 0.25) is 0 Å². The van der Waals surface area contributed by atoms with Gasteiger partial charge in [-0.3, -0.25) is 4.90 Å². The van der Waals surface area contributed by atoms with Crippen LogP contribution in [0.1, 0.15) is 43.1 Å². The maximum absolute atomic E-state index is 5.28. The highest BCUT2D eigenvalue weighted by atomic mass is 32.1. The Morgan fingerprint density at radius 2 is 2.50 bits per heavy atom. The van der Waals surface area contributed by atoms with Crippen LogP contribution in [0.25, 0.3) is 0 Å². The molecule has 4 nitrogen and oxygen atoms in total. The first-order valence-corrected chi connectivity index (χ1v) is 7.38. The zero-order valence-electron chi connectivity index (χ0n) is 10.5. The minimum absolute atomic E-state index is 0.522. The molecule has 1 fully saturated rings. The first kappa shape index (κ1) is 11.9. The summed E-state index contributed by atoms with van der Waals surface area (Å²) in [5.74, 6) is 1.55. The summed E-state index contributed by atoms with van der Waals surface area (Å²) in [5.41, 5.74) is 1.42. The van der Waals surface area contributed by atoms with Crippen molar-refractivity contribution in [2.24, 2.45) is 0 Å². The van der Waals surface area contributed by atoms with Crippen molar-refractivity contribution >= 4 is 11.3 Å². The molecule has 3 rings (SSSR count). The quantitative estimate of drug-likeness (QED) is 0.850. The van der Waals surface area contributed by atoms with E-state index in [-0.39, 0.29) is 0 Å². The molecule has 2 aromatic heterocycles. The second kappa shape index (κ2) is 5.20. The van der Waals surface area contributed by atoms with E-state index in [2.05, 4.69) is 31.9 Å². The minimum Gasteiger partial charge on any atom is -0.338 e. The van der Waals surface area contributed by atoms with E-state index in [0.29, 0.717) is 6.04 Å². The summed E-state index contributed by atoms with van der Waals surface area (Å²) in [5, 5.41) is 8.34. The molecule has 0 radical (unpaired) electrons. The van der Waals surface area contributed by atoms with Crippen LogP contribution in [0.4, 0.5) is 0 Å². The molecule has 18 heavy (non-hydrogen) atoms. The standard InChI is InChI=1S/C13H17N3OS/c1-2-12-14-13(17-15-12)8-16-6-3-4-11(16)10-5-7-18-9-10/h5,7,9,11H,2-4,6,8H2,1H3/t11-/m0/s1. The fraction of sp³-hybridized carbons (Fsp3) is 0.538. The molecular formula is C13H17N3OS. The lowest BCUT2D eigenvalue weighted by Crippen LogP contribution is -2.22. The molecule has 0 spiro atoms. The number of rotatable bonds is 4. The highest BCUT2D eigenvalue weighted by molar-refractivity contribution is 7.07. The van der Waals surface area contributed by atoms with Gasteiger partial charge in [0.1, 0.15) is 0 Å². The lowest BCUT2D eigenvalue weighted by atomic mass is 10.1. The number of nitrogens with zero attached hydrogens (tertiary/aromatic N) is 3. The lowest BCUT2D eigenvalue weighted by Gasteiger charge is -2.21. The number of likely N-dealkylation sites (tertiary alicyclic amines) is 1. The van der Waals surface area contributed by atoms with Gasteiger partial charge in [0.05, 0.1) is 6.54 Å². The smallest absolute Gasteiger partial charge is 0.240 e. The second-order valence-corrected chi connectivity index (χ2v) is 5.42. The van der Waals surface area contributed by atoms with E-state index in [1.54, 1.807) is 11.3 Å². The molecule has 96 valence electrons. The van der Waals surface area contributed by atoms with Gasteiger partial charge in [0.25, 0.3) is 0 Å². The van der Waals surface area contributed by atoms with E-state index >= 15 is 0 Å². The summed E-state index contributed by atoms with van der Waals surface area (Å²) in [7, 11) is 0. The highest BCUT2D eigenvalue weighted by Crippen LogP contribution is 2.33. The van der Waals surface area contributed by atoms with E-state index in [9.17, 15) is 0 Å². The Morgan fingerprint density at radius 1 is 1.56 bits per heavy atom. The van der Waals surface area contributed by atoms with Crippen LogP contribution in [-0.4, -0.2) is 21.6 Å². The maximum Gasteiger partial charge on any atom is 0.240 e. The van der Waals surface area contributed by atoms with E-state index in [4.69, 9.17) is 4.52 Å². The Kier molecular flexibility index (Phi) is 3.43. The molecule has 0 aliphatic carbocycles. The third-order valence-corrected chi connectivity index (χ3v) is 4.16. The molecule has 1 saturated heterocycles. The number of aryl methyl sites for hydroxylation is 1. The Balaban J connectivity index is 1.71. The van der Waals surface area contributed by atoms with Crippen LogP contribution in [0.3, 0.4) is 0 Å². The van der Waals surface area contributed by atoms with Crippen LogP contribution < -0.4 is 0 Å². The van der Waals surface area contributed by atoms with Gasteiger partial charge in [-0.1, -0.05) is 12.1 Å². The molecule has 3 heterocycles. The molecular weight excluding hydrogens is 246 g/mol. The molecule has 1 aliphatic heterocycles. The monoisotopic (exact) mass is 263 g/mol. The predicted molar refractivity (Wildman–Crippen MR) is 70.4 cm³/mol. The zero-order valence-corrected chi connectivity index (χ0v) is 11.3. The number of thiophene rings is 1. The van der Waals surface area contributed by atoms with Crippen molar-refractivity contribution in [1.82, 2.24) is 15.0 Å². The Bertz CT molecular complexity index is 494. The van der Waals surface area contributed by atoms with Crippen molar-refractivity contribution in [3.63, 3.8) is 0 Å². The fourth-order valence-corrected chi connectivity index (χ4v) is 3.24. The number of aromatic nitrogens is 2. The van der Waals surface area contributed by atoms with Crippen LogP contribution in [0.15, 0.2) is 21.3 Å². The summed E-state index contributed by atoms with van der Waals surface area (Å²) in [4.78, 5) is 6.83. The third-order valence-electron chi connectivity index (χ3n) is 3.46. The maximum atomic E-state index is 5.28. The van der Waals surface area contributed by atoms with Gasteiger partial charge in [0, 0.05) is 12.5 Å². The molecule has 1 atom stereocenters. The molecule has 0 aromatic carbocycles. The fourth-order valence-electron chi connectivity index (χ4n) is 2.53. The second-order valence-electron chi connectivity index (χ2n) is 4.64. The van der Waals surface area contributed by atoms with Crippen LogP contribution in [0.5, 0.6) is 0 Å². The Hall–Kier alpha value is -1.20. The van der Waals surface area contributed by atoms with Crippen LogP contribution >= 0.6 is 11.3 Å². The van der Waals surface area contributed by atoms with Gasteiger partial charge < -0.3 is 4.52 Å². The third kappa shape index (κ3) is 2.33. The van der Waals surface area contributed by atoms with Crippen molar-refractivity contribution in [3.8, 4) is 0 Å². The SMILES string of the molecule is CCc1noc(CN2CCC[C@H]2c2ccsc2)n1. The van der Waals surface area contributed by atoms with Crippen LogP contribution in [0, 0.1) is 0 Å². The van der Waals surface area contributed by atoms with E-state index in [0.717, 1.165) is 31.2 Å². The zero-order chi connectivity index (χ0) is 12.4. The van der Waals surface area contributed by atoms with Crippen molar-refractivity contribution < 1.29 is 4.52 Å². The molecule has 0 amide bonds. The highest BCUT2D eigenvalue weighted by Gasteiger charge is 2.27. The van der Waals surface area contributed by atoms with Gasteiger partial charge in [-0.15, -0.1) is 0 Å². The predicted octanol–water partition coefficient (Wildman–Crippen LogP) is 3.03. The first-order valence-electron chi connectivity index (χ1n) is 6.44. The molecule has 0 unspecified atom stereocenters. The lowest BCUT2D eigenvalue weighted by molar-refractivity contribution is 0.212. The average Bonchev–Trinajstić information content (AvgIpc) is 3.09. The summed E-state index contributed by atoms with van der Waals surface area (Å²) in [6.45, 7) is 3.93. The minimum atomic E-state index is 0.522. The van der Waals surface area contributed by atoms with E-state index in [1.165, 1.54) is 18.4 Å². The van der Waals surface area contributed by atoms with Gasteiger partial charge in [-0.2, -0.15) is 16.3 Å². The van der Waals surface area contributed by atoms with Gasteiger partial charge in [-0.05, 0) is 41.8 Å². The topological polar surface area (TPSA) is 42.2 Å². The molecule has 1 aliphatic rings. The largest absolute Gasteiger partial charge is 0.338 e. The number of hydrogen-bond acceptors (Lipinski definition) is 5. The van der Waals surface area contributed by atoms with Gasteiger partial charge >= 0.3 is 0 Å².